The van der Waals surface area contributed by atoms with Crippen LogP contribution in [0.25, 0.3) is 0 Å². The number of aliphatic carboxylic acids is 1. The van der Waals surface area contributed by atoms with Gasteiger partial charge >= 0.3 is 11.9 Å². The predicted octanol–water partition coefficient (Wildman–Crippen LogP) is 2.84. The zero-order chi connectivity index (χ0) is 19.8. The molecule has 0 aromatic heterocycles. The molecule has 0 amide bonds. The summed E-state index contributed by atoms with van der Waals surface area (Å²) in [5.74, 6) is -1.43. The van der Waals surface area contributed by atoms with E-state index in [2.05, 4.69) is 0 Å². The first-order chi connectivity index (χ1) is 12.8. The summed E-state index contributed by atoms with van der Waals surface area (Å²) < 4.78 is 4.27. The van der Waals surface area contributed by atoms with Crippen molar-refractivity contribution in [1.82, 2.24) is 4.90 Å². The van der Waals surface area contributed by atoms with Gasteiger partial charge in [-0.05, 0) is 25.7 Å². The molecule has 6 nitrogen and oxygen atoms in total. The number of carbonyl (C=O) groups is 2. The molecule has 3 rings (SSSR count). The first kappa shape index (κ1) is 19.8. The number of nitrogens with zero attached hydrogens (tertiary/aromatic N) is 2. The highest BCUT2D eigenvalue weighted by Crippen LogP contribution is 2.63. The van der Waals surface area contributed by atoms with Gasteiger partial charge in [-0.2, -0.15) is 0 Å². The minimum atomic E-state index is -0.910. The molecule has 2 fully saturated rings. The average Bonchev–Trinajstić information content (AvgIpc) is 2.90. The van der Waals surface area contributed by atoms with E-state index in [9.17, 15) is 14.7 Å². The second-order valence-electron chi connectivity index (χ2n) is 6.84. The number of aliphatic imine (C=N–C) groups is 1. The van der Waals surface area contributed by atoms with Crippen molar-refractivity contribution in [3.8, 4) is 0 Å². The van der Waals surface area contributed by atoms with Crippen LogP contribution in [0.2, 0.25) is 0 Å². The molecule has 27 heavy (non-hydrogen) atoms. The Bertz CT molecular complexity index is 809. The first-order valence-electron chi connectivity index (χ1n) is 8.41. The molecule has 2 saturated heterocycles. The van der Waals surface area contributed by atoms with Crippen LogP contribution in [-0.2, 0) is 14.3 Å². The lowest BCUT2D eigenvalue weighted by Gasteiger charge is -2.54. The second kappa shape index (κ2) is 7.24. The Hall–Kier alpha value is -1.93. The van der Waals surface area contributed by atoms with Crippen LogP contribution in [-0.4, -0.2) is 62.6 Å². The predicted molar refractivity (Wildman–Crippen MR) is 109 cm³/mol. The quantitative estimate of drug-likeness (QED) is 0.458. The Labute approximate surface area is 167 Å². The van der Waals surface area contributed by atoms with Gasteiger partial charge in [0.15, 0.2) is 4.87 Å². The molecule has 1 aromatic rings. The number of thioether (sulfide) groups is 2. The molecule has 2 heterocycles. The number of benzene rings is 1. The van der Waals surface area contributed by atoms with Crippen molar-refractivity contribution in [2.45, 2.75) is 34.9 Å². The third kappa shape index (κ3) is 3.25. The van der Waals surface area contributed by atoms with Crippen molar-refractivity contribution in [2.75, 3.05) is 13.4 Å². The zero-order valence-electron chi connectivity index (χ0n) is 15.6. The minimum Gasteiger partial charge on any atom is -0.480 e. The van der Waals surface area contributed by atoms with E-state index in [4.69, 9.17) is 9.73 Å². The van der Waals surface area contributed by atoms with Crippen molar-refractivity contribution < 1.29 is 19.4 Å². The van der Waals surface area contributed by atoms with E-state index < -0.39 is 27.6 Å². The van der Waals surface area contributed by atoms with Gasteiger partial charge < -0.3 is 14.7 Å². The molecule has 1 N–H and O–H groups in total. The summed E-state index contributed by atoms with van der Waals surface area (Å²) >= 11 is 3.08. The molecule has 0 saturated carbocycles. The highest BCUT2D eigenvalue weighted by molar-refractivity contribution is 8.05. The summed E-state index contributed by atoms with van der Waals surface area (Å²) in [6.45, 7) is 3.83. The molecule has 2 aliphatic heterocycles. The van der Waals surface area contributed by atoms with Gasteiger partial charge in [0.1, 0.15) is 11.4 Å². The largest absolute Gasteiger partial charge is 0.480 e. The molecular formula is C19H22N2O4S2. The molecule has 2 aliphatic rings. The van der Waals surface area contributed by atoms with Crippen molar-refractivity contribution in [1.29, 1.82) is 0 Å². The molecule has 8 heteroatoms. The van der Waals surface area contributed by atoms with Gasteiger partial charge in [-0.1, -0.05) is 30.3 Å². The lowest BCUT2D eigenvalue weighted by Crippen LogP contribution is -2.65. The average molecular weight is 407 g/mol. The van der Waals surface area contributed by atoms with Crippen LogP contribution >= 0.6 is 23.5 Å². The van der Waals surface area contributed by atoms with Crippen LogP contribution in [0.3, 0.4) is 0 Å². The molecule has 0 bridgehead atoms. The van der Waals surface area contributed by atoms with E-state index in [1.165, 1.54) is 24.9 Å². The van der Waals surface area contributed by atoms with Crippen molar-refractivity contribution >= 4 is 41.7 Å². The Morgan fingerprint density at radius 2 is 2.00 bits per heavy atom. The van der Waals surface area contributed by atoms with Gasteiger partial charge in [-0.3, -0.25) is 4.99 Å². The summed E-state index contributed by atoms with van der Waals surface area (Å²) in [5.41, 5.74) is 1.52. The molecule has 0 radical (unpaired) electrons. The summed E-state index contributed by atoms with van der Waals surface area (Å²) in [7, 11) is 1.31. The number of carbonyl (C=O) groups excluding carboxylic acids is 1. The molecule has 1 aromatic carbocycles. The van der Waals surface area contributed by atoms with Gasteiger partial charge in [0.2, 0.25) is 0 Å². The van der Waals surface area contributed by atoms with E-state index >= 15 is 0 Å². The summed E-state index contributed by atoms with van der Waals surface area (Å²) in [6, 6.07) is 8.95. The maximum Gasteiger partial charge on any atom is 0.332 e. The third-order valence-electron chi connectivity index (χ3n) is 4.79. The van der Waals surface area contributed by atoms with Crippen LogP contribution in [0.15, 0.2) is 47.1 Å². The first-order valence-corrected chi connectivity index (χ1v) is 10.5. The lowest BCUT2D eigenvalue weighted by molar-refractivity contribution is -0.145. The fourth-order valence-corrected chi connectivity index (χ4v) is 6.41. The maximum atomic E-state index is 12.0. The number of carboxylic acid groups (broad SMARTS) is 1. The minimum absolute atomic E-state index is 0.181. The Morgan fingerprint density at radius 3 is 2.56 bits per heavy atom. The molecule has 0 spiro atoms. The van der Waals surface area contributed by atoms with Crippen LogP contribution in [0, 0.1) is 0 Å². The monoisotopic (exact) mass is 406 g/mol. The lowest BCUT2D eigenvalue weighted by atomic mass is 9.93. The fraction of sp³-hybridized carbons (Fsp3) is 0.421. The number of esters is 1. The number of ether oxygens (including phenoxy) is 1. The van der Waals surface area contributed by atoms with Crippen LogP contribution in [0.4, 0.5) is 0 Å². The summed E-state index contributed by atoms with van der Waals surface area (Å²) in [5, 5.41) is 9.61. The Morgan fingerprint density at radius 1 is 1.33 bits per heavy atom. The number of hydrogen-bond acceptors (Lipinski definition) is 7. The number of methoxy groups -OCH3 is 1. The van der Waals surface area contributed by atoms with E-state index in [-0.39, 0.29) is 5.37 Å². The fourth-order valence-electron chi connectivity index (χ4n) is 3.52. The summed E-state index contributed by atoms with van der Waals surface area (Å²) in [6.07, 6.45) is 5.07. The van der Waals surface area contributed by atoms with Crippen molar-refractivity contribution in [3.05, 3.63) is 47.7 Å². The highest BCUT2D eigenvalue weighted by atomic mass is 32.2. The third-order valence-corrected chi connectivity index (χ3v) is 7.72. The highest BCUT2D eigenvalue weighted by Gasteiger charge is 2.68. The van der Waals surface area contributed by atoms with Gasteiger partial charge in [0.25, 0.3) is 0 Å². The molecule has 3 atom stereocenters. The van der Waals surface area contributed by atoms with Gasteiger partial charge in [-0.15, -0.1) is 23.5 Å². The number of rotatable bonds is 5. The zero-order valence-corrected chi connectivity index (χ0v) is 17.2. The normalized spacial score (nSPS) is 30.2. The smallest absolute Gasteiger partial charge is 0.332 e. The maximum absolute atomic E-state index is 12.0. The summed E-state index contributed by atoms with van der Waals surface area (Å²) in [4.78, 5) is 29.8. The van der Waals surface area contributed by atoms with E-state index in [0.717, 1.165) is 5.56 Å². The van der Waals surface area contributed by atoms with Crippen molar-refractivity contribution in [3.63, 3.8) is 0 Å². The second-order valence-corrected chi connectivity index (χ2v) is 9.61. The Balaban J connectivity index is 2.07. The van der Waals surface area contributed by atoms with Crippen LogP contribution in [0.5, 0.6) is 0 Å². The number of fused-ring (bicyclic) bond motifs is 1. The van der Waals surface area contributed by atoms with E-state index in [1.807, 2.05) is 50.4 Å². The van der Waals surface area contributed by atoms with Gasteiger partial charge in [0, 0.05) is 17.0 Å². The molecule has 0 unspecified atom stereocenters. The number of hydrogen-bond donors (Lipinski definition) is 1. The molecule has 144 valence electrons. The Kier molecular flexibility index (Phi) is 5.31. The molecule has 0 aliphatic carbocycles. The van der Waals surface area contributed by atoms with Gasteiger partial charge in [0.05, 0.1) is 12.8 Å². The van der Waals surface area contributed by atoms with Crippen LogP contribution < -0.4 is 0 Å². The topological polar surface area (TPSA) is 79.2 Å². The van der Waals surface area contributed by atoms with E-state index in [1.54, 1.807) is 22.9 Å². The van der Waals surface area contributed by atoms with E-state index in [0.29, 0.717) is 5.70 Å². The number of carboxylic acids is 1. The van der Waals surface area contributed by atoms with Crippen molar-refractivity contribution in [2.24, 2.45) is 4.99 Å². The SMILES string of the molecule is COC(=O)C=C1N2[C@@H](C(=O)O)C(C)(C)S[C@@H]2[C@@]1(N=Cc1ccccc1)SC. The van der Waals surface area contributed by atoms with Crippen LogP contribution in [0.1, 0.15) is 19.4 Å². The molecular weight excluding hydrogens is 384 g/mol. The standard InChI is InChI=1S/C19H22N2O4S2/c1-18(2)15(16(23)24)21-13(10-14(22)25-3)19(26-4,17(21)27-18)20-11-12-8-6-5-7-9-12/h5-11,15,17H,1-4H3,(H,23,24)/t15-,17+,19-/m0/s1. The van der Waals surface area contributed by atoms with Gasteiger partial charge in [-0.25, -0.2) is 9.59 Å².